The zero-order chi connectivity index (χ0) is 16.9. The van der Waals surface area contributed by atoms with E-state index in [0.29, 0.717) is 26.1 Å². The molecule has 0 bridgehead atoms. The van der Waals surface area contributed by atoms with E-state index in [1.165, 1.54) is 0 Å². The summed E-state index contributed by atoms with van der Waals surface area (Å²) in [6.07, 6.45) is 6.83. The SMILES string of the molecule is Cc1cc(CN2C[C@@H](F)C[C@H]2CNC(=O)NC2C=CCCC2)on1. The lowest BCUT2D eigenvalue weighted by Crippen LogP contribution is -2.46. The molecule has 132 valence electrons. The molecule has 7 heteroatoms. The molecule has 1 aliphatic heterocycles. The van der Waals surface area contributed by atoms with Gasteiger partial charge in [-0.2, -0.15) is 0 Å². The van der Waals surface area contributed by atoms with Crippen LogP contribution in [-0.2, 0) is 6.54 Å². The van der Waals surface area contributed by atoms with Crippen LogP contribution in [0.15, 0.2) is 22.7 Å². The number of aryl methyl sites for hydroxylation is 1. The van der Waals surface area contributed by atoms with Crippen molar-refractivity contribution in [1.29, 1.82) is 0 Å². The number of hydrogen-bond donors (Lipinski definition) is 2. The largest absolute Gasteiger partial charge is 0.360 e. The maximum absolute atomic E-state index is 13.8. The first-order valence-corrected chi connectivity index (χ1v) is 8.61. The fourth-order valence-electron chi connectivity index (χ4n) is 3.38. The first kappa shape index (κ1) is 17.0. The molecule has 0 radical (unpaired) electrons. The van der Waals surface area contributed by atoms with Crippen LogP contribution in [0.25, 0.3) is 0 Å². The maximum Gasteiger partial charge on any atom is 0.315 e. The molecule has 3 atom stereocenters. The molecule has 1 aromatic heterocycles. The van der Waals surface area contributed by atoms with E-state index < -0.39 is 6.17 Å². The van der Waals surface area contributed by atoms with E-state index in [4.69, 9.17) is 4.52 Å². The van der Waals surface area contributed by atoms with E-state index in [1.807, 2.05) is 24.0 Å². The van der Waals surface area contributed by atoms with Crippen LogP contribution in [0.2, 0.25) is 0 Å². The van der Waals surface area contributed by atoms with E-state index >= 15 is 0 Å². The Balaban J connectivity index is 1.48. The van der Waals surface area contributed by atoms with Crippen LogP contribution in [0.5, 0.6) is 0 Å². The number of likely N-dealkylation sites (tertiary alicyclic amines) is 1. The minimum atomic E-state index is -0.870. The van der Waals surface area contributed by atoms with Gasteiger partial charge in [0.2, 0.25) is 0 Å². The minimum absolute atomic E-state index is 0.0296. The molecule has 2 heterocycles. The monoisotopic (exact) mass is 336 g/mol. The fraction of sp³-hybridized carbons (Fsp3) is 0.647. The molecule has 1 unspecified atom stereocenters. The summed E-state index contributed by atoms with van der Waals surface area (Å²) in [6, 6.07) is 1.74. The Hall–Kier alpha value is -1.89. The van der Waals surface area contributed by atoms with Gasteiger partial charge in [0.1, 0.15) is 6.17 Å². The van der Waals surface area contributed by atoms with E-state index in [2.05, 4.69) is 21.9 Å². The summed E-state index contributed by atoms with van der Waals surface area (Å²) in [7, 11) is 0. The van der Waals surface area contributed by atoms with Gasteiger partial charge >= 0.3 is 6.03 Å². The third kappa shape index (κ3) is 4.56. The van der Waals surface area contributed by atoms with Crippen LogP contribution in [-0.4, -0.2) is 47.4 Å². The molecule has 0 spiro atoms. The second-order valence-corrected chi connectivity index (χ2v) is 6.67. The quantitative estimate of drug-likeness (QED) is 0.810. The highest BCUT2D eigenvalue weighted by Gasteiger charge is 2.33. The first-order chi connectivity index (χ1) is 11.6. The second-order valence-electron chi connectivity index (χ2n) is 6.67. The molecule has 24 heavy (non-hydrogen) atoms. The van der Waals surface area contributed by atoms with Crippen molar-refractivity contribution in [2.45, 2.75) is 57.4 Å². The Morgan fingerprint density at radius 2 is 2.42 bits per heavy atom. The van der Waals surface area contributed by atoms with Gasteiger partial charge in [-0.1, -0.05) is 17.3 Å². The number of rotatable bonds is 5. The van der Waals surface area contributed by atoms with Crippen LogP contribution in [0.4, 0.5) is 9.18 Å². The molecular formula is C17H25FN4O2. The highest BCUT2D eigenvalue weighted by atomic mass is 19.1. The molecule has 1 fully saturated rings. The van der Waals surface area contributed by atoms with Crippen LogP contribution < -0.4 is 10.6 Å². The molecule has 1 aliphatic carbocycles. The zero-order valence-corrected chi connectivity index (χ0v) is 14.0. The van der Waals surface area contributed by atoms with Crippen LogP contribution in [0, 0.1) is 6.92 Å². The standard InChI is InChI=1S/C17H25FN4O2/c1-12-7-16(24-21-12)11-22-10-13(18)8-15(22)9-19-17(23)20-14-5-3-2-4-6-14/h3,5,7,13-15H,2,4,6,8-11H2,1H3,(H2,19,20,23)/t13-,14?,15-/m0/s1. The van der Waals surface area contributed by atoms with Crippen LogP contribution in [0.3, 0.4) is 0 Å². The van der Waals surface area contributed by atoms with E-state index in [1.54, 1.807) is 0 Å². The van der Waals surface area contributed by atoms with Crippen molar-refractivity contribution >= 4 is 6.03 Å². The number of nitrogens with one attached hydrogen (secondary N) is 2. The number of carbonyl (C=O) groups excluding carboxylic acids is 1. The van der Waals surface area contributed by atoms with Crippen molar-refractivity contribution in [2.24, 2.45) is 0 Å². The highest BCUT2D eigenvalue weighted by molar-refractivity contribution is 5.74. The zero-order valence-electron chi connectivity index (χ0n) is 14.0. The van der Waals surface area contributed by atoms with Crippen molar-refractivity contribution < 1.29 is 13.7 Å². The number of hydrogen-bond acceptors (Lipinski definition) is 4. The third-order valence-corrected chi connectivity index (χ3v) is 4.58. The number of allylic oxidation sites excluding steroid dienone is 1. The Morgan fingerprint density at radius 1 is 1.54 bits per heavy atom. The molecule has 1 saturated heterocycles. The molecule has 2 aliphatic rings. The van der Waals surface area contributed by atoms with Crippen LogP contribution in [0.1, 0.15) is 37.1 Å². The van der Waals surface area contributed by atoms with Crippen molar-refractivity contribution in [3.8, 4) is 0 Å². The Morgan fingerprint density at radius 3 is 3.12 bits per heavy atom. The molecular weight excluding hydrogens is 311 g/mol. The number of carbonyl (C=O) groups is 1. The smallest absolute Gasteiger partial charge is 0.315 e. The maximum atomic E-state index is 13.8. The number of halogens is 1. The summed E-state index contributed by atoms with van der Waals surface area (Å²) in [4.78, 5) is 14.0. The van der Waals surface area contributed by atoms with Crippen LogP contribution >= 0.6 is 0 Å². The Bertz CT molecular complexity index is 589. The topological polar surface area (TPSA) is 70.4 Å². The number of alkyl halides is 1. The highest BCUT2D eigenvalue weighted by Crippen LogP contribution is 2.22. The molecule has 2 N–H and O–H groups in total. The van der Waals surface area contributed by atoms with Gasteiger partial charge in [0.25, 0.3) is 0 Å². The lowest BCUT2D eigenvalue weighted by atomic mass is 10.0. The van der Waals surface area contributed by atoms with Crippen molar-refractivity contribution in [3.63, 3.8) is 0 Å². The number of aromatic nitrogens is 1. The molecule has 1 aromatic rings. The third-order valence-electron chi connectivity index (χ3n) is 4.58. The molecule has 6 nitrogen and oxygen atoms in total. The summed E-state index contributed by atoms with van der Waals surface area (Å²) >= 11 is 0. The summed E-state index contributed by atoms with van der Waals surface area (Å²) in [5.41, 5.74) is 0.815. The first-order valence-electron chi connectivity index (χ1n) is 8.61. The van der Waals surface area contributed by atoms with Gasteiger partial charge in [0.05, 0.1) is 12.2 Å². The number of urea groups is 1. The summed E-state index contributed by atoms with van der Waals surface area (Å²) in [5, 5.41) is 9.68. The van der Waals surface area contributed by atoms with E-state index in [-0.39, 0.29) is 18.1 Å². The fourth-order valence-corrected chi connectivity index (χ4v) is 3.38. The Kier molecular flexibility index (Phi) is 5.50. The summed E-state index contributed by atoms with van der Waals surface area (Å²) in [5.74, 6) is 0.725. The second kappa shape index (κ2) is 7.79. The summed E-state index contributed by atoms with van der Waals surface area (Å²) < 4.78 is 19.0. The Labute approximate surface area is 141 Å². The number of amides is 2. The van der Waals surface area contributed by atoms with Gasteiger partial charge in [0.15, 0.2) is 5.76 Å². The van der Waals surface area contributed by atoms with Crippen molar-refractivity contribution in [1.82, 2.24) is 20.7 Å². The van der Waals surface area contributed by atoms with Gasteiger partial charge in [-0.3, -0.25) is 4.90 Å². The lowest BCUT2D eigenvalue weighted by Gasteiger charge is -2.24. The minimum Gasteiger partial charge on any atom is -0.360 e. The average molecular weight is 336 g/mol. The summed E-state index contributed by atoms with van der Waals surface area (Å²) in [6.45, 7) is 3.16. The predicted molar refractivity (Wildman–Crippen MR) is 88.3 cm³/mol. The normalized spacial score (nSPS) is 27.3. The van der Waals surface area contributed by atoms with Gasteiger partial charge in [-0.15, -0.1) is 0 Å². The van der Waals surface area contributed by atoms with Crippen molar-refractivity contribution in [3.05, 3.63) is 29.7 Å². The predicted octanol–water partition coefficient (Wildman–Crippen LogP) is 2.30. The average Bonchev–Trinajstić information content (AvgIpc) is 3.12. The molecule has 0 saturated carbocycles. The molecule has 3 rings (SSSR count). The molecule has 2 amide bonds. The van der Waals surface area contributed by atoms with E-state index in [0.717, 1.165) is 30.7 Å². The van der Waals surface area contributed by atoms with Crippen molar-refractivity contribution in [2.75, 3.05) is 13.1 Å². The van der Waals surface area contributed by atoms with E-state index in [9.17, 15) is 9.18 Å². The van der Waals surface area contributed by atoms with Gasteiger partial charge < -0.3 is 15.2 Å². The number of nitrogens with zero attached hydrogens (tertiary/aromatic N) is 2. The molecule has 0 aromatic carbocycles. The van der Waals surface area contributed by atoms with Gasteiger partial charge in [-0.25, -0.2) is 9.18 Å². The van der Waals surface area contributed by atoms with Gasteiger partial charge in [0, 0.05) is 31.2 Å². The lowest BCUT2D eigenvalue weighted by molar-refractivity contribution is 0.200. The van der Waals surface area contributed by atoms with Gasteiger partial charge in [-0.05, 0) is 32.6 Å².